The monoisotopic (exact) mass is 358 g/mol. The van der Waals surface area contributed by atoms with E-state index >= 15 is 0 Å². The maximum absolute atomic E-state index is 12.7. The maximum Gasteiger partial charge on any atom is 0.274 e. The van der Waals surface area contributed by atoms with Crippen molar-refractivity contribution in [3.63, 3.8) is 0 Å². The second kappa shape index (κ2) is 7.24. The molecule has 1 aliphatic carbocycles. The van der Waals surface area contributed by atoms with Crippen LogP contribution in [0.25, 0.3) is 0 Å². The van der Waals surface area contributed by atoms with Crippen molar-refractivity contribution in [2.24, 2.45) is 5.92 Å². The van der Waals surface area contributed by atoms with E-state index in [1.807, 2.05) is 11.8 Å². The van der Waals surface area contributed by atoms with E-state index in [-0.39, 0.29) is 11.4 Å². The second-order valence-electron chi connectivity index (χ2n) is 8.34. The van der Waals surface area contributed by atoms with E-state index in [9.17, 15) is 4.79 Å². The van der Waals surface area contributed by atoms with Gasteiger partial charge in [-0.2, -0.15) is 0 Å². The SMILES string of the molecule is Cc1cnc(C(=O)N2CCC3(CC[C@H](COCC4CC4)N3C)CC2)cn1. The lowest BCUT2D eigenvalue weighted by molar-refractivity contribution is 0.0171. The van der Waals surface area contributed by atoms with Gasteiger partial charge in [0, 0.05) is 37.5 Å². The Morgan fingerprint density at radius 2 is 1.92 bits per heavy atom. The smallest absolute Gasteiger partial charge is 0.274 e. The van der Waals surface area contributed by atoms with Gasteiger partial charge in [-0.3, -0.25) is 14.7 Å². The van der Waals surface area contributed by atoms with Crippen LogP contribution in [0.1, 0.15) is 54.7 Å². The number of nitrogens with zero attached hydrogens (tertiary/aromatic N) is 4. The number of likely N-dealkylation sites (tertiary alicyclic amines) is 2. The van der Waals surface area contributed by atoms with Crippen molar-refractivity contribution in [1.29, 1.82) is 0 Å². The molecule has 0 radical (unpaired) electrons. The molecular formula is C20H30N4O2. The number of carbonyl (C=O) groups is 1. The zero-order valence-corrected chi connectivity index (χ0v) is 16.0. The van der Waals surface area contributed by atoms with Gasteiger partial charge >= 0.3 is 0 Å². The summed E-state index contributed by atoms with van der Waals surface area (Å²) in [7, 11) is 2.25. The Morgan fingerprint density at radius 3 is 2.58 bits per heavy atom. The molecule has 2 aliphatic heterocycles. The molecule has 4 rings (SSSR count). The topological polar surface area (TPSA) is 58.6 Å². The maximum atomic E-state index is 12.7. The Hall–Kier alpha value is -1.53. The second-order valence-corrected chi connectivity index (χ2v) is 8.34. The molecule has 0 unspecified atom stereocenters. The van der Waals surface area contributed by atoms with Crippen molar-refractivity contribution in [2.45, 2.75) is 57.0 Å². The summed E-state index contributed by atoms with van der Waals surface area (Å²) in [5, 5.41) is 0. The van der Waals surface area contributed by atoms with Crippen LogP contribution in [0.4, 0.5) is 0 Å². The number of amides is 1. The highest BCUT2D eigenvalue weighted by atomic mass is 16.5. The minimum absolute atomic E-state index is 0.0114. The molecule has 1 spiro atoms. The van der Waals surface area contributed by atoms with E-state index < -0.39 is 0 Å². The van der Waals surface area contributed by atoms with Crippen LogP contribution in [-0.4, -0.2) is 70.6 Å². The van der Waals surface area contributed by atoms with Crippen molar-refractivity contribution in [2.75, 3.05) is 33.4 Å². The van der Waals surface area contributed by atoms with Gasteiger partial charge in [0.2, 0.25) is 0 Å². The van der Waals surface area contributed by atoms with Crippen molar-refractivity contribution in [1.82, 2.24) is 19.8 Å². The summed E-state index contributed by atoms with van der Waals surface area (Å²) < 4.78 is 5.95. The van der Waals surface area contributed by atoms with Crippen molar-refractivity contribution < 1.29 is 9.53 Å². The Balaban J connectivity index is 1.30. The fourth-order valence-electron chi connectivity index (χ4n) is 4.44. The predicted molar refractivity (Wildman–Crippen MR) is 99.0 cm³/mol. The van der Waals surface area contributed by atoms with Crippen LogP contribution in [0, 0.1) is 12.8 Å². The first-order valence-electron chi connectivity index (χ1n) is 9.96. The Morgan fingerprint density at radius 1 is 1.15 bits per heavy atom. The number of ether oxygens (including phenoxy) is 1. The van der Waals surface area contributed by atoms with E-state index in [1.165, 1.54) is 25.7 Å². The number of carbonyl (C=O) groups excluding carboxylic acids is 1. The molecule has 26 heavy (non-hydrogen) atoms. The minimum Gasteiger partial charge on any atom is -0.380 e. The zero-order valence-electron chi connectivity index (χ0n) is 16.0. The van der Waals surface area contributed by atoms with Gasteiger partial charge in [0.25, 0.3) is 5.91 Å². The third-order valence-corrected chi connectivity index (χ3v) is 6.58. The molecule has 0 bridgehead atoms. The van der Waals surface area contributed by atoms with Crippen molar-refractivity contribution >= 4 is 5.91 Å². The number of piperidine rings is 1. The molecule has 3 heterocycles. The molecule has 1 amide bonds. The first kappa shape index (κ1) is 17.9. The Kier molecular flexibility index (Phi) is 4.97. The first-order valence-corrected chi connectivity index (χ1v) is 9.96. The number of likely N-dealkylation sites (N-methyl/N-ethyl adjacent to an activating group) is 1. The standard InChI is InChI=1S/C20H30N4O2/c1-15-11-22-18(12-21-15)19(25)24-9-7-20(8-10-24)6-5-17(23(20)2)14-26-13-16-3-4-16/h11-12,16-17H,3-10,13-14H2,1-2H3/t17-/m1/s1. The van der Waals surface area contributed by atoms with Crippen LogP contribution < -0.4 is 0 Å². The largest absolute Gasteiger partial charge is 0.380 e. The molecule has 6 nitrogen and oxygen atoms in total. The highest BCUT2D eigenvalue weighted by Crippen LogP contribution is 2.41. The lowest BCUT2D eigenvalue weighted by Crippen LogP contribution is -2.54. The van der Waals surface area contributed by atoms with Gasteiger partial charge in [0.15, 0.2) is 0 Å². The molecule has 6 heteroatoms. The fourth-order valence-corrected chi connectivity index (χ4v) is 4.44. The van der Waals surface area contributed by atoms with Gasteiger partial charge in [0.05, 0.1) is 18.5 Å². The number of aryl methyl sites for hydroxylation is 1. The number of hydrogen-bond acceptors (Lipinski definition) is 5. The van der Waals surface area contributed by atoms with Gasteiger partial charge in [0.1, 0.15) is 5.69 Å². The van der Waals surface area contributed by atoms with E-state index in [2.05, 4.69) is 21.9 Å². The highest BCUT2D eigenvalue weighted by Gasteiger charge is 2.46. The first-order chi connectivity index (χ1) is 12.6. The van der Waals surface area contributed by atoms with Crippen LogP contribution in [0.5, 0.6) is 0 Å². The van der Waals surface area contributed by atoms with E-state index in [0.29, 0.717) is 11.7 Å². The van der Waals surface area contributed by atoms with Gasteiger partial charge < -0.3 is 9.64 Å². The summed E-state index contributed by atoms with van der Waals surface area (Å²) in [6.07, 6.45) is 10.4. The number of hydrogen-bond donors (Lipinski definition) is 0. The summed E-state index contributed by atoms with van der Waals surface area (Å²) >= 11 is 0. The number of aromatic nitrogens is 2. The summed E-state index contributed by atoms with van der Waals surface area (Å²) in [6.45, 7) is 5.28. The molecule has 0 N–H and O–H groups in total. The summed E-state index contributed by atoms with van der Waals surface area (Å²) in [4.78, 5) is 25.6. The Bertz CT molecular complexity index is 636. The van der Waals surface area contributed by atoms with E-state index in [0.717, 1.165) is 50.8 Å². The molecule has 1 aromatic rings. The molecule has 1 saturated carbocycles. The normalized spacial score (nSPS) is 25.8. The van der Waals surface area contributed by atoms with E-state index in [1.54, 1.807) is 12.4 Å². The molecule has 3 aliphatic rings. The van der Waals surface area contributed by atoms with Crippen LogP contribution in [0.3, 0.4) is 0 Å². The molecule has 3 fully saturated rings. The third-order valence-electron chi connectivity index (χ3n) is 6.58. The molecule has 1 aromatic heterocycles. The Labute approximate surface area is 155 Å². The molecule has 2 saturated heterocycles. The summed E-state index contributed by atoms with van der Waals surface area (Å²) in [5.41, 5.74) is 1.53. The van der Waals surface area contributed by atoms with Crippen LogP contribution in [0.2, 0.25) is 0 Å². The van der Waals surface area contributed by atoms with Gasteiger partial charge in [-0.15, -0.1) is 0 Å². The quantitative estimate of drug-likeness (QED) is 0.808. The highest BCUT2D eigenvalue weighted by molar-refractivity contribution is 5.92. The number of rotatable bonds is 5. The molecule has 1 atom stereocenters. The van der Waals surface area contributed by atoms with Crippen LogP contribution in [-0.2, 0) is 4.74 Å². The molecule has 142 valence electrons. The van der Waals surface area contributed by atoms with Crippen molar-refractivity contribution in [3.8, 4) is 0 Å². The van der Waals surface area contributed by atoms with Crippen LogP contribution >= 0.6 is 0 Å². The predicted octanol–water partition coefficient (Wildman–Crippen LogP) is 2.28. The summed E-state index contributed by atoms with van der Waals surface area (Å²) in [5.74, 6) is 0.840. The van der Waals surface area contributed by atoms with Gasteiger partial charge in [-0.1, -0.05) is 0 Å². The third kappa shape index (κ3) is 3.62. The van der Waals surface area contributed by atoms with Gasteiger partial charge in [-0.25, -0.2) is 4.98 Å². The molecule has 0 aromatic carbocycles. The lowest BCUT2D eigenvalue weighted by atomic mass is 9.85. The average Bonchev–Trinajstić information content (AvgIpc) is 3.44. The summed E-state index contributed by atoms with van der Waals surface area (Å²) in [6, 6.07) is 0.527. The van der Waals surface area contributed by atoms with Gasteiger partial charge in [-0.05, 0) is 58.4 Å². The lowest BCUT2D eigenvalue weighted by Gasteiger charge is -2.45. The average molecular weight is 358 g/mol. The van der Waals surface area contributed by atoms with Crippen molar-refractivity contribution in [3.05, 3.63) is 23.8 Å². The zero-order chi connectivity index (χ0) is 18.1. The minimum atomic E-state index is 0.0114. The fraction of sp³-hybridized carbons (Fsp3) is 0.750. The van der Waals surface area contributed by atoms with Crippen LogP contribution in [0.15, 0.2) is 12.4 Å². The molecular weight excluding hydrogens is 328 g/mol. The van der Waals surface area contributed by atoms with E-state index in [4.69, 9.17) is 4.74 Å².